The highest BCUT2D eigenvalue weighted by Crippen LogP contribution is 2.45. The summed E-state index contributed by atoms with van der Waals surface area (Å²) in [5.41, 5.74) is 3.52. The van der Waals surface area contributed by atoms with Crippen LogP contribution in [0.15, 0.2) is 36.4 Å². The van der Waals surface area contributed by atoms with Crippen LogP contribution < -0.4 is 15.0 Å². The van der Waals surface area contributed by atoms with Crippen molar-refractivity contribution in [2.45, 2.75) is 19.5 Å². The molecule has 2 aromatic carbocycles. The predicted octanol–water partition coefficient (Wildman–Crippen LogP) is 4.72. The van der Waals surface area contributed by atoms with Gasteiger partial charge in [0, 0.05) is 29.7 Å². The Kier molecular flexibility index (Phi) is 5.62. The summed E-state index contributed by atoms with van der Waals surface area (Å²) in [6.07, 6.45) is -3.84. The van der Waals surface area contributed by atoms with Crippen molar-refractivity contribution in [2.24, 2.45) is 0 Å². The van der Waals surface area contributed by atoms with Crippen LogP contribution in [0.5, 0.6) is 5.75 Å². The first-order chi connectivity index (χ1) is 14.8. The first-order valence-corrected chi connectivity index (χ1v) is 9.82. The van der Waals surface area contributed by atoms with Crippen LogP contribution in [0.3, 0.4) is 0 Å². The maximum Gasteiger partial charge on any atom is 0.422 e. The van der Waals surface area contributed by atoms with Gasteiger partial charge in [0.15, 0.2) is 6.61 Å². The van der Waals surface area contributed by atoms with E-state index in [1.807, 2.05) is 11.8 Å². The van der Waals surface area contributed by atoms with Crippen molar-refractivity contribution in [1.29, 1.82) is 0 Å². The molecular weight excluding hydrogens is 414 g/mol. The van der Waals surface area contributed by atoms with Gasteiger partial charge >= 0.3 is 6.18 Å². The number of hydrogen-bond acceptors (Lipinski definition) is 5. The average molecular weight is 435 g/mol. The van der Waals surface area contributed by atoms with Crippen molar-refractivity contribution in [2.75, 3.05) is 36.5 Å². The fourth-order valence-corrected chi connectivity index (χ4v) is 3.92. The largest absolute Gasteiger partial charge is 0.482 e. The Labute approximate surface area is 176 Å². The fourth-order valence-electron chi connectivity index (χ4n) is 3.92. The summed E-state index contributed by atoms with van der Waals surface area (Å²) in [4.78, 5) is 6.57. The summed E-state index contributed by atoms with van der Waals surface area (Å²) in [6.45, 7) is 1.10. The van der Waals surface area contributed by atoms with E-state index >= 15 is 0 Å². The van der Waals surface area contributed by atoms with E-state index in [1.54, 1.807) is 18.2 Å². The zero-order valence-electron chi connectivity index (χ0n) is 16.8. The Bertz CT molecular complexity index is 1120. The number of ether oxygens (including phenoxy) is 1. The van der Waals surface area contributed by atoms with E-state index in [-0.39, 0.29) is 30.2 Å². The lowest BCUT2D eigenvalue weighted by Crippen LogP contribution is -2.19. The zero-order chi connectivity index (χ0) is 22.2. The molecule has 164 valence electrons. The minimum atomic E-state index is -4.48. The number of anilines is 3. The molecule has 3 aromatic rings. The molecule has 1 aliphatic heterocycles. The molecule has 0 spiro atoms. The van der Waals surface area contributed by atoms with Crippen LogP contribution in [0.25, 0.3) is 10.9 Å². The fraction of sp³-hybridized carbons (Fsp3) is 0.318. The molecule has 0 bridgehead atoms. The number of benzene rings is 2. The van der Waals surface area contributed by atoms with Crippen LogP contribution in [-0.4, -0.2) is 42.6 Å². The second kappa shape index (κ2) is 8.22. The van der Waals surface area contributed by atoms with Crippen molar-refractivity contribution >= 4 is 28.1 Å². The maximum atomic E-state index is 13.7. The molecule has 0 amide bonds. The third kappa shape index (κ3) is 4.23. The molecule has 1 aliphatic rings. The number of aromatic nitrogens is 1. The van der Waals surface area contributed by atoms with Crippen molar-refractivity contribution in [3.8, 4) is 5.75 Å². The van der Waals surface area contributed by atoms with E-state index in [2.05, 4.69) is 10.3 Å². The highest BCUT2D eigenvalue weighted by molar-refractivity contribution is 6.02. The van der Waals surface area contributed by atoms with E-state index in [1.165, 1.54) is 18.2 Å². The highest BCUT2D eigenvalue weighted by Gasteiger charge is 2.31. The van der Waals surface area contributed by atoms with Gasteiger partial charge in [0.2, 0.25) is 0 Å². The van der Waals surface area contributed by atoms with Crippen molar-refractivity contribution < 1.29 is 27.4 Å². The molecule has 0 atom stereocenters. The molecule has 2 N–H and O–H groups in total. The lowest BCUT2D eigenvalue weighted by Gasteiger charge is -2.24. The van der Waals surface area contributed by atoms with Gasteiger partial charge < -0.3 is 20.1 Å². The normalized spacial score (nSPS) is 13.5. The van der Waals surface area contributed by atoms with Gasteiger partial charge in [-0.2, -0.15) is 13.2 Å². The summed E-state index contributed by atoms with van der Waals surface area (Å²) in [5.74, 6) is 0.169. The molecule has 9 heteroatoms. The summed E-state index contributed by atoms with van der Waals surface area (Å²) < 4.78 is 56.9. The van der Waals surface area contributed by atoms with Crippen molar-refractivity contribution in [3.63, 3.8) is 0 Å². The number of fused-ring (bicyclic) bond motifs is 3. The van der Waals surface area contributed by atoms with Gasteiger partial charge in [0.05, 0.1) is 12.3 Å². The second-order valence-electron chi connectivity index (χ2n) is 7.33. The standard InChI is InChI=1S/C22H21F4N3O2/c1-13-11-14(23)5-6-17(13)29-9-7-16-20(29)15-3-2-4-18(31-12-22(24,25)26)19(15)28-21(16)27-8-10-30/h2-6,11,30H,7-10,12H2,1H3,(H,27,28). The van der Waals surface area contributed by atoms with Gasteiger partial charge in [-0.05, 0) is 43.2 Å². The first kappa shape index (κ1) is 21.2. The number of aryl methyl sites for hydroxylation is 1. The Morgan fingerprint density at radius 1 is 1.23 bits per heavy atom. The van der Waals surface area contributed by atoms with Crippen LogP contribution in [0, 0.1) is 12.7 Å². The number of nitrogens with zero attached hydrogens (tertiary/aromatic N) is 2. The van der Waals surface area contributed by atoms with Crippen molar-refractivity contribution in [1.82, 2.24) is 4.98 Å². The van der Waals surface area contributed by atoms with Crippen LogP contribution in [-0.2, 0) is 6.42 Å². The summed E-state index contributed by atoms with van der Waals surface area (Å²) in [6, 6.07) is 9.38. The van der Waals surface area contributed by atoms with Gasteiger partial charge in [0.1, 0.15) is 22.9 Å². The quantitative estimate of drug-likeness (QED) is 0.549. The topological polar surface area (TPSA) is 57.6 Å². The number of rotatable bonds is 6. The van der Waals surface area contributed by atoms with Crippen molar-refractivity contribution in [3.05, 3.63) is 53.3 Å². The van der Waals surface area contributed by atoms with E-state index in [4.69, 9.17) is 4.74 Å². The molecule has 5 nitrogen and oxygen atoms in total. The van der Waals surface area contributed by atoms with E-state index < -0.39 is 12.8 Å². The van der Waals surface area contributed by atoms with E-state index in [0.717, 1.165) is 22.5 Å². The zero-order valence-corrected chi connectivity index (χ0v) is 16.8. The molecular formula is C22H21F4N3O2. The van der Waals surface area contributed by atoms with Crippen LogP contribution in [0.2, 0.25) is 0 Å². The number of hydrogen-bond donors (Lipinski definition) is 2. The van der Waals surface area contributed by atoms with Gasteiger partial charge in [0.25, 0.3) is 0 Å². The molecule has 0 saturated heterocycles. The lowest BCUT2D eigenvalue weighted by atomic mass is 10.1. The monoisotopic (exact) mass is 435 g/mol. The molecule has 31 heavy (non-hydrogen) atoms. The molecule has 0 unspecified atom stereocenters. The molecule has 0 aliphatic carbocycles. The molecule has 0 fully saturated rings. The van der Waals surface area contributed by atoms with E-state index in [9.17, 15) is 22.7 Å². The van der Waals surface area contributed by atoms with Crippen LogP contribution in [0.4, 0.5) is 34.8 Å². The van der Waals surface area contributed by atoms with Gasteiger partial charge in [-0.3, -0.25) is 0 Å². The second-order valence-corrected chi connectivity index (χ2v) is 7.33. The Morgan fingerprint density at radius 2 is 2.03 bits per heavy atom. The Morgan fingerprint density at radius 3 is 2.74 bits per heavy atom. The van der Waals surface area contributed by atoms with Gasteiger partial charge in [-0.25, -0.2) is 9.37 Å². The van der Waals surface area contributed by atoms with Gasteiger partial charge in [-0.1, -0.05) is 12.1 Å². The van der Waals surface area contributed by atoms with E-state index in [0.29, 0.717) is 24.2 Å². The number of para-hydroxylation sites is 1. The summed E-state index contributed by atoms with van der Waals surface area (Å²) >= 11 is 0. The Balaban J connectivity index is 1.89. The number of pyridine rings is 1. The maximum absolute atomic E-state index is 13.7. The SMILES string of the molecule is Cc1cc(F)ccc1N1CCc2c(NCCO)nc3c(OCC(F)(F)F)cccc3c21. The lowest BCUT2D eigenvalue weighted by molar-refractivity contribution is -0.153. The summed E-state index contributed by atoms with van der Waals surface area (Å²) in [7, 11) is 0. The highest BCUT2D eigenvalue weighted by atomic mass is 19.4. The third-order valence-corrected chi connectivity index (χ3v) is 5.15. The molecule has 2 heterocycles. The van der Waals surface area contributed by atoms with Crippen LogP contribution >= 0.6 is 0 Å². The predicted molar refractivity (Wildman–Crippen MR) is 111 cm³/mol. The van der Waals surface area contributed by atoms with Gasteiger partial charge in [-0.15, -0.1) is 0 Å². The average Bonchev–Trinajstić information content (AvgIpc) is 3.15. The molecule has 4 rings (SSSR count). The molecule has 1 aromatic heterocycles. The number of halogens is 4. The molecule has 0 saturated carbocycles. The number of nitrogens with one attached hydrogen (secondary N) is 1. The summed E-state index contributed by atoms with van der Waals surface area (Å²) in [5, 5.41) is 12.9. The molecule has 0 radical (unpaired) electrons. The first-order valence-electron chi connectivity index (χ1n) is 9.82. The number of aliphatic hydroxyl groups is 1. The number of alkyl halides is 3. The number of aliphatic hydroxyl groups excluding tert-OH is 1. The smallest absolute Gasteiger partial charge is 0.422 e. The minimum absolute atomic E-state index is 0.0207. The Hall–Kier alpha value is -3.07. The third-order valence-electron chi connectivity index (χ3n) is 5.15. The van der Waals surface area contributed by atoms with Crippen LogP contribution in [0.1, 0.15) is 11.1 Å². The minimum Gasteiger partial charge on any atom is -0.482 e.